The van der Waals surface area contributed by atoms with Gasteiger partial charge in [0.25, 0.3) is 0 Å². The molecule has 0 saturated heterocycles. The van der Waals surface area contributed by atoms with Crippen LogP contribution in [0, 0.1) is 0 Å². The summed E-state index contributed by atoms with van der Waals surface area (Å²) in [5.41, 5.74) is 1.53. The quantitative estimate of drug-likeness (QED) is 0.603. The smallest absolute Gasteiger partial charge is 0.363 e. The zero-order valence-corrected chi connectivity index (χ0v) is 15.2. The van der Waals surface area contributed by atoms with Crippen LogP contribution in [0.1, 0.15) is 36.0 Å². The highest BCUT2D eigenvalue weighted by Crippen LogP contribution is 2.27. The Hall–Kier alpha value is -2.67. The van der Waals surface area contributed by atoms with E-state index in [1.807, 2.05) is 5.38 Å². The molecule has 7 heteroatoms. The average molecular weight is 358 g/mol. The minimum atomic E-state index is -0.504. The molecule has 0 amide bonds. The summed E-state index contributed by atoms with van der Waals surface area (Å²) in [5, 5.41) is 2.91. The van der Waals surface area contributed by atoms with E-state index in [9.17, 15) is 4.79 Å². The van der Waals surface area contributed by atoms with Crippen LogP contribution >= 0.6 is 11.3 Å². The van der Waals surface area contributed by atoms with Gasteiger partial charge in [-0.25, -0.2) is 14.8 Å². The average Bonchev–Trinajstić information content (AvgIpc) is 3.22. The molecule has 0 spiro atoms. The number of esters is 1. The van der Waals surface area contributed by atoms with E-state index < -0.39 is 5.97 Å². The van der Waals surface area contributed by atoms with E-state index in [1.54, 1.807) is 49.8 Å². The van der Waals surface area contributed by atoms with Crippen LogP contribution < -0.4 is 9.47 Å². The van der Waals surface area contributed by atoms with E-state index in [0.717, 1.165) is 5.01 Å². The van der Waals surface area contributed by atoms with Gasteiger partial charge in [-0.1, -0.05) is 13.8 Å². The van der Waals surface area contributed by atoms with E-state index in [-0.39, 0.29) is 11.6 Å². The molecule has 0 bridgehead atoms. The highest BCUT2D eigenvalue weighted by molar-refractivity contribution is 7.09. The van der Waals surface area contributed by atoms with Crippen LogP contribution in [0.15, 0.2) is 34.3 Å². The monoisotopic (exact) mass is 358 g/mol. The van der Waals surface area contributed by atoms with Crippen molar-refractivity contribution >= 4 is 29.3 Å². The molecule has 2 aromatic rings. The van der Waals surface area contributed by atoms with Gasteiger partial charge in [0.15, 0.2) is 5.70 Å². The molecule has 0 N–H and O–H groups in total. The second-order valence-corrected chi connectivity index (χ2v) is 6.59. The van der Waals surface area contributed by atoms with Crippen LogP contribution in [0.3, 0.4) is 0 Å². The van der Waals surface area contributed by atoms with Crippen molar-refractivity contribution in [2.75, 3.05) is 14.2 Å². The summed E-state index contributed by atoms with van der Waals surface area (Å²) in [5.74, 6) is 1.23. The molecule has 0 aliphatic carbocycles. The number of thiazole rings is 1. The third-order valence-corrected chi connectivity index (χ3v) is 4.70. The van der Waals surface area contributed by atoms with Gasteiger partial charge in [0, 0.05) is 22.9 Å². The number of aliphatic imine (C=N–C) groups is 1. The summed E-state index contributed by atoms with van der Waals surface area (Å²) in [4.78, 5) is 20.9. The molecule has 6 nitrogen and oxygen atoms in total. The number of cyclic esters (lactones) is 1. The maximum atomic E-state index is 12.1. The molecular weight excluding hydrogens is 340 g/mol. The van der Waals surface area contributed by atoms with E-state index in [1.165, 1.54) is 0 Å². The second kappa shape index (κ2) is 7.06. The van der Waals surface area contributed by atoms with Crippen molar-refractivity contribution in [2.45, 2.75) is 19.8 Å². The largest absolute Gasteiger partial charge is 0.497 e. The van der Waals surface area contributed by atoms with E-state index in [2.05, 4.69) is 23.8 Å². The van der Waals surface area contributed by atoms with Gasteiger partial charge in [-0.3, -0.25) is 0 Å². The number of aromatic nitrogens is 1. The Morgan fingerprint density at radius 1 is 1.16 bits per heavy atom. The number of ether oxygens (including phenoxy) is 3. The third-order valence-electron chi connectivity index (χ3n) is 3.54. The van der Waals surface area contributed by atoms with Gasteiger partial charge in [0.1, 0.15) is 11.5 Å². The lowest BCUT2D eigenvalue weighted by atomic mass is 10.2. The molecule has 25 heavy (non-hydrogen) atoms. The molecule has 0 unspecified atom stereocenters. The van der Waals surface area contributed by atoms with Crippen molar-refractivity contribution in [3.63, 3.8) is 0 Å². The molecule has 0 radical (unpaired) electrons. The molecule has 130 valence electrons. The number of benzene rings is 1. The second-order valence-electron chi connectivity index (χ2n) is 5.70. The van der Waals surface area contributed by atoms with Gasteiger partial charge in [0.05, 0.1) is 24.9 Å². The molecule has 0 atom stereocenters. The zero-order chi connectivity index (χ0) is 18.0. The number of carbonyl (C=O) groups is 1. The first kappa shape index (κ1) is 17.2. The number of nitrogens with zero attached hydrogens (tertiary/aromatic N) is 2. The normalized spacial score (nSPS) is 15.5. The van der Waals surface area contributed by atoms with Crippen molar-refractivity contribution in [2.24, 2.45) is 4.99 Å². The van der Waals surface area contributed by atoms with Crippen LogP contribution in [0.5, 0.6) is 11.5 Å². The van der Waals surface area contributed by atoms with Gasteiger partial charge < -0.3 is 14.2 Å². The summed E-state index contributed by atoms with van der Waals surface area (Å²) in [7, 11) is 3.11. The predicted octanol–water partition coefficient (Wildman–Crippen LogP) is 3.63. The number of carbonyl (C=O) groups excluding carboxylic acids is 1. The number of methoxy groups -OCH3 is 2. The highest BCUT2D eigenvalue weighted by atomic mass is 32.1. The summed E-state index contributed by atoms with van der Waals surface area (Å²) in [6, 6.07) is 5.20. The SMILES string of the molecule is COc1cc(OC)cc(C2=NC(=Cc3csc(C(C)C)n3)C(=O)O2)c1. The van der Waals surface area contributed by atoms with Gasteiger partial charge in [-0.2, -0.15) is 0 Å². The Morgan fingerprint density at radius 3 is 2.40 bits per heavy atom. The van der Waals surface area contributed by atoms with Crippen molar-refractivity contribution in [1.29, 1.82) is 0 Å². The van der Waals surface area contributed by atoms with Gasteiger partial charge in [-0.05, 0) is 18.2 Å². The lowest BCUT2D eigenvalue weighted by molar-refractivity contribution is -0.129. The fraction of sp³-hybridized carbons (Fsp3) is 0.278. The lowest BCUT2D eigenvalue weighted by Crippen LogP contribution is -2.06. The molecule has 1 aromatic heterocycles. The highest BCUT2D eigenvalue weighted by Gasteiger charge is 2.25. The topological polar surface area (TPSA) is 70.0 Å². The maximum absolute atomic E-state index is 12.1. The molecule has 3 rings (SSSR count). The number of hydrogen-bond donors (Lipinski definition) is 0. The summed E-state index contributed by atoms with van der Waals surface area (Å²) >= 11 is 1.56. The maximum Gasteiger partial charge on any atom is 0.363 e. The van der Waals surface area contributed by atoms with E-state index in [0.29, 0.717) is 28.7 Å². The molecule has 0 saturated carbocycles. The summed E-state index contributed by atoms with van der Waals surface area (Å²) in [6.07, 6.45) is 1.63. The number of hydrogen-bond acceptors (Lipinski definition) is 7. The third kappa shape index (κ3) is 3.71. The lowest BCUT2D eigenvalue weighted by Gasteiger charge is -2.07. The molecule has 1 aliphatic rings. The Balaban J connectivity index is 1.93. The Bertz CT molecular complexity index is 845. The predicted molar refractivity (Wildman–Crippen MR) is 96.4 cm³/mol. The van der Waals surface area contributed by atoms with Gasteiger partial charge >= 0.3 is 5.97 Å². The summed E-state index contributed by atoms with van der Waals surface area (Å²) < 4.78 is 15.8. The zero-order valence-electron chi connectivity index (χ0n) is 14.4. The van der Waals surface area contributed by atoms with Gasteiger partial charge in [-0.15, -0.1) is 11.3 Å². The van der Waals surface area contributed by atoms with Crippen molar-refractivity contribution in [3.8, 4) is 11.5 Å². The van der Waals surface area contributed by atoms with Crippen LogP contribution in [-0.2, 0) is 9.53 Å². The van der Waals surface area contributed by atoms with Crippen LogP contribution in [0.25, 0.3) is 6.08 Å². The van der Waals surface area contributed by atoms with Crippen molar-refractivity contribution in [1.82, 2.24) is 4.98 Å². The van der Waals surface area contributed by atoms with E-state index >= 15 is 0 Å². The first-order valence-corrected chi connectivity index (χ1v) is 8.59. The Morgan fingerprint density at radius 2 is 1.84 bits per heavy atom. The molecular formula is C18H18N2O4S. The standard InChI is InChI=1S/C18H18N2O4S/c1-10(2)17-19-12(9-25-17)7-15-18(21)24-16(20-15)11-5-13(22-3)8-14(6-11)23-4/h5-10H,1-4H3. The van der Waals surface area contributed by atoms with Crippen LogP contribution in [0.2, 0.25) is 0 Å². The Kier molecular flexibility index (Phi) is 4.85. The minimum absolute atomic E-state index is 0.216. The fourth-order valence-corrected chi connectivity index (χ4v) is 3.03. The molecule has 0 fully saturated rings. The van der Waals surface area contributed by atoms with Crippen molar-refractivity contribution < 1.29 is 19.0 Å². The minimum Gasteiger partial charge on any atom is -0.497 e. The molecule has 1 aliphatic heterocycles. The first-order chi connectivity index (χ1) is 12.0. The number of rotatable bonds is 5. The first-order valence-electron chi connectivity index (χ1n) is 7.71. The molecule has 1 aromatic carbocycles. The van der Waals surface area contributed by atoms with Crippen molar-refractivity contribution in [3.05, 3.63) is 45.5 Å². The fourth-order valence-electron chi connectivity index (χ4n) is 2.24. The summed E-state index contributed by atoms with van der Waals surface area (Å²) in [6.45, 7) is 4.15. The van der Waals surface area contributed by atoms with E-state index in [4.69, 9.17) is 14.2 Å². The van der Waals surface area contributed by atoms with Gasteiger partial charge in [0.2, 0.25) is 5.90 Å². The van der Waals surface area contributed by atoms with Crippen LogP contribution in [-0.4, -0.2) is 31.1 Å². The van der Waals surface area contributed by atoms with Crippen LogP contribution in [0.4, 0.5) is 0 Å². The Labute approximate surface area is 149 Å². The molecule has 2 heterocycles.